The molecule has 1 aromatic heterocycles. The first-order chi connectivity index (χ1) is 14.4. The highest BCUT2D eigenvalue weighted by molar-refractivity contribution is 5.05. The second kappa shape index (κ2) is 20.4. The fraction of sp³-hybridized carbons (Fsp3) is 0.821. The summed E-state index contributed by atoms with van der Waals surface area (Å²) in [6, 6.07) is 4.55. The molecule has 0 saturated carbocycles. The average molecular weight is 403 g/mol. The van der Waals surface area contributed by atoms with E-state index >= 15 is 0 Å². The molecule has 0 unspecified atom stereocenters. The third-order valence-electron chi connectivity index (χ3n) is 6.26. The number of unbranched alkanes of at least 4 members (excludes halogenated alkanes) is 17. The van der Waals surface area contributed by atoms with E-state index in [0.29, 0.717) is 0 Å². The summed E-state index contributed by atoms with van der Waals surface area (Å²) in [5.41, 5.74) is 1.52. The lowest BCUT2D eigenvalue weighted by Gasteiger charge is -2.03. The minimum atomic E-state index is 1.20. The van der Waals surface area contributed by atoms with Crippen LogP contribution in [0.25, 0.3) is 0 Å². The van der Waals surface area contributed by atoms with Crippen LogP contribution in [0.3, 0.4) is 0 Å². The summed E-state index contributed by atoms with van der Waals surface area (Å²) in [4.78, 5) is 0. The molecular formula is C28H52N+. The second-order valence-corrected chi connectivity index (χ2v) is 9.21. The fourth-order valence-electron chi connectivity index (χ4n) is 4.28. The van der Waals surface area contributed by atoms with Crippen LogP contribution < -0.4 is 4.57 Å². The minimum Gasteiger partial charge on any atom is -0.205 e. The summed E-state index contributed by atoms with van der Waals surface area (Å²) in [6.45, 7) is 5.78. The van der Waals surface area contributed by atoms with Gasteiger partial charge < -0.3 is 0 Å². The predicted molar refractivity (Wildman–Crippen MR) is 129 cm³/mol. The Morgan fingerprint density at radius 3 is 1.52 bits per heavy atom. The fourth-order valence-corrected chi connectivity index (χ4v) is 4.28. The van der Waals surface area contributed by atoms with Gasteiger partial charge in [0.1, 0.15) is 6.54 Å². The van der Waals surface area contributed by atoms with Gasteiger partial charge in [-0.15, -0.1) is 0 Å². The first kappa shape index (κ1) is 26.2. The lowest BCUT2D eigenvalue weighted by atomic mass is 10.0. The summed E-state index contributed by atoms with van der Waals surface area (Å²) in [6.07, 6.45) is 32.9. The van der Waals surface area contributed by atoms with Gasteiger partial charge in [-0.1, -0.05) is 117 Å². The third kappa shape index (κ3) is 16.6. The third-order valence-corrected chi connectivity index (χ3v) is 6.26. The monoisotopic (exact) mass is 402 g/mol. The van der Waals surface area contributed by atoms with E-state index in [1.807, 2.05) is 0 Å². The zero-order chi connectivity index (χ0) is 20.8. The molecular weight excluding hydrogens is 350 g/mol. The molecule has 0 spiro atoms. The number of hydrogen-bond acceptors (Lipinski definition) is 0. The quantitative estimate of drug-likeness (QED) is 0.143. The van der Waals surface area contributed by atoms with Crippen LogP contribution in [0, 0.1) is 0 Å². The number of nitrogens with zero attached hydrogens (tertiary/aromatic N) is 1. The van der Waals surface area contributed by atoms with E-state index in [2.05, 4.69) is 42.9 Å². The van der Waals surface area contributed by atoms with Gasteiger partial charge in [0.05, 0.1) is 0 Å². The minimum absolute atomic E-state index is 1.20. The maximum absolute atomic E-state index is 2.42. The van der Waals surface area contributed by atoms with Crippen molar-refractivity contribution in [2.24, 2.45) is 0 Å². The van der Waals surface area contributed by atoms with Crippen LogP contribution in [-0.2, 0) is 13.0 Å². The van der Waals surface area contributed by atoms with Crippen molar-refractivity contribution in [3.63, 3.8) is 0 Å². The number of pyridine rings is 1. The summed E-state index contributed by atoms with van der Waals surface area (Å²) in [7, 11) is 0. The van der Waals surface area contributed by atoms with Crippen LogP contribution in [0.15, 0.2) is 24.5 Å². The van der Waals surface area contributed by atoms with Gasteiger partial charge in [-0.3, -0.25) is 0 Å². The zero-order valence-corrected chi connectivity index (χ0v) is 20.1. The van der Waals surface area contributed by atoms with E-state index in [9.17, 15) is 0 Å². The lowest BCUT2D eigenvalue weighted by Crippen LogP contribution is -2.33. The van der Waals surface area contributed by atoms with Crippen molar-refractivity contribution in [2.45, 2.75) is 149 Å². The van der Waals surface area contributed by atoms with E-state index < -0.39 is 0 Å². The van der Waals surface area contributed by atoms with Crippen LogP contribution in [0.5, 0.6) is 0 Å². The first-order valence-electron chi connectivity index (χ1n) is 13.3. The molecule has 29 heavy (non-hydrogen) atoms. The average Bonchev–Trinajstić information content (AvgIpc) is 2.74. The van der Waals surface area contributed by atoms with Crippen molar-refractivity contribution >= 4 is 0 Å². The molecule has 1 rings (SSSR count). The van der Waals surface area contributed by atoms with Gasteiger partial charge in [0.2, 0.25) is 0 Å². The molecule has 0 amide bonds. The van der Waals surface area contributed by atoms with Crippen molar-refractivity contribution < 1.29 is 4.57 Å². The SMILES string of the molecule is CCCCCCCCCCCCCCCC[n+]1cccc(CCCCCCC)c1. The summed E-state index contributed by atoms with van der Waals surface area (Å²) in [5, 5.41) is 0. The maximum atomic E-state index is 2.42. The van der Waals surface area contributed by atoms with Gasteiger partial charge >= 0.3 is 0 Å². The van der Waals surface area contributed by atoms with E-state index in [1.165, 1.54) is 141 Å². The van der Waals surface area contributed by atoms with Crippen molar-refractivity contribution in [1.82, 2.24) is 0 Å². The molecule has 0 aliphatic rings. The Morgan fingerprint density at radius 1 is 0.552 bits per heavy atom. The molecule has 0 atom stereocenters. The zero-order valence-electron chi connectivity index (χ0n) is 20.1. The Bertz CT molecular complexity index is 453. The second-order valence-electron chi connectivity index (χ2n) is 9.21. The van der Waals surface area contributed by atoms with Crippen LogP contribution in [0.4, 0.5) is 0 Å². The number of hydrogen-bond donors (Lipinski definition) is 0. The molecule has 0 saturated heterocycles. The van der Waals surface area contributed by atoms with Gasteiger partial charge in [-0.2, -0.15) is 0 Å². The van der Waals surface area contributed by atoms with Gasteiger partial charge in [0.25, 0.3) is 0 Å². The van der Waals surface area contributed by atoms with Crippen LogP contribution in [-0.4, -0.2) is 0 Å². The number of aromatic nitrogens is 1. The Morgan fingerprint density at radius 2 is 1.00 bits per heavy atom. The molecule has 0 aliphatic carbocycles. The predicted octanol–water partition coefficient (Wildman–Crippen LogP) is 8.97. The first-order valence-corrected chi connectivity index (χ1v) is 13.3. The van der Waals surface area contributed by atoms with E-state index in [4.69, 9.17) is 0 Å². The highest BCUT2D eigenvalue weighted by Crippen LogP contribution is 2.13. The lowest BCUT2D eigenvalue weighted by molar-refractivity contribution is -0.697. The summed E-state index contributed by atoms with van der Waals surface area (Å²) >= 11 is 0. The Balaban J connectivity index is 1.91. The molecule has 0 fully saturated rings. The van der Waals surface area contributed by atoms with E-state index in [-0.39, 0.29) is 0 Å². The smallest absolute Gasteiger partial charge is 0.171 e. The number of aryl methyl sites for hydroxylation is 2. The molecule has 1 aromatic rings. The van der Waals surface area contributed by atoms with Gasteiger partial charge in [0.15, 0.2) is 12.4 Å². The standard InChI is InChI=1S/C28H52N/c1-3-5-7-9-10-11-12-13-14-15-16-17-19-21-25-29-26-22-24-28(27-29)23-20-18-8-6-4-2/h22,24,26-27H,3-21,23,25H2,1-2H3/q+1. The summed E-state index contributed by atoms with van der Waals surface area (Å²) in [5.74, 6) is 0. The highest BCUT2D eigenvalue weighted by Gasteiger charge is 2.03. The van der Waals surface area contributed by atoms with Crippen molar-refractivity contribution in [1.29, 1.82) is 0 Å². The highest BCUT2D eigenvalue weighted by atomic mass is 14.9. The van der Waals surface area contributed by atoms with Crippen LogP contribution in [0.2, 0.25) is 0 Å². The molecule has 1 nitrogen and oxygen atoms in total. The van der Waals surface area contributed by atoms with Crippen molar-refractivity contribution in [3.05, 3.63) is 30.1 Å². The van der Waals surface area contributed by atoms with E-state index in [1.54, 1.807) is 0 Å². The molecule has 0 radical (unpaired) electrons. The number of rotatable bonds is 21. The van der Waals surface area contributed by atoms with E-state index in [0.717, 1.165) is 0 Å². The van der Waals surface area contributed by atoms with Crippen molar-refractivity contribution in [3.8, 4) is 0 Å². The normalized spacial score (nSPS) is 11.2. The van der Waals surface area contributed by atoms with Crippen LogP contribution in [0.1, 0.15) is 141 Å². The van der Waals surface area contributed by atoms with Crippen molar-refractivity contribution in [2.75, 3.05) is 0 Å². The molecule has 168 valence electrons. The molecule has 0 bridgehead atoms. The van der Waals surface area contributed by atoms with Gasteiger partial charge in [-0.05, 0) is 25.3 Å². The Hall–Kier alpha value is -0.850. The molecule has 1 heterocycles. The molecule has 0 aliphatic heterocycles. The largest absolute Gasteiger partial charge is 0.205 e. The topological polar surface area (TPSA) is 3.88 Å². The van der Waals surface area contributed by atoms with Gasteiger partial charge in [-0.25, -0.2) is 4.57 Å². The van der Waals surface area contributed by atoms with Crippen LogP contribution >= 0.6 is 0 Å². The Kier molecular flexibility index (Phi) is 18.4. The Labute approximate surface area is 183 Å². The molecule has 1 heteroatoms. The molecule has 0 N–H and O–H groups in total. The van der Waals surface area contributed by atoms with Gasteiger partial charge in [0, 0.05) is 18.1 Å². The maximum Gasteiger partial charge on any atom is 0.171 e. The summed E-state index contributed by atoms with van der Waals surface area (Å²) < 4.78 is 2.42. The molecule has 0 aromatic carbocycles.